The van der Waals surface area contributed by atoms with Crippen molar-refractivity contribution in [1.29, 1.82) is 0 Å². The molecule has 1 saturated heterocycles. The molecule has 1 aliphatic heterocycles. The lowest BCUT2D eigenvalue weighted by molar-refractivity contribution is -0.131. The number of rotatable bonds is 5. The van der Waals surface area contributed by atoms with Gasteiger partial charge in [-0.3, -0.25) is 4.79 Å². The minimum Gasteiger partial charge on any atom is -0.497 e. The average Bonchev–Trinajstić information content (AvgIpc) is 2.98. The average molecular weight is 341 g/mol. The van der Waals surface area contributed by atoms with E-state index in [0.29, 0.717) is 6.42 Å². The fraction of sp³-hybridized carbons (Fsp3) is 0.450. The first-order valence-electron chi connectivity index (χ1n) is 8.88. The lowest BCUT2D eigenvalue weighted by Gasteiger charge is -2.36. The van der Waals surface area contributed by atoms with Crippen molar-refractivity contribution in [2.75, 3.05) is 38.2 Å². The molecule has 0 aliphatic carbocycles. The molecule has 5 nitrogen and oxygen atoms in total. The number of anilines is 1. The summed E-state index contributed by atoms with van der Waals surface area (Å²) in [5.41, 5.74) is 3.62. The summed E-state index contributed by atoms with van der Waals surface area (Å²) in [6, 6.07) is 12.3. The standard InChI is InChI=1S/C20H27N3O2/c1-16-4-5-17(2)23(16)11-10-20(24)22-14-12-21(13-15-22)18-6-8-19(25-3)9-7-18/h4-9H,10-15H2,1-3H3. The number of amides is 1. The second-order valence-corrected chi connectivity index (χ2v) is 6.58. The molecule has 1 aliphatic rings. The molecule has 0 radical (unpaired) electrons. The van der Waals surface area contributed by atoms with Gasteiger partial charge in [0.25, 0.3) is 0 Å². The third kappa shape index (κ3) is 3.98. The molecule has 0 atom stereocenters. The Kier molecular flexibility index (Phi) is 5.31. The number of benzene rings is 1. The SMILES string of the molecule is COc1ccc(N2CCN(C(=O)CCn3c(C)ccc3C)CC2)cc1. The van der Waals surface area contributed by atoms with Gasteiger partial charge in [-0.15, -0.1) is 0 Å². The van der Waals surface area contributed by atoms with Gasteiger partial charge in [0, 0.05) is 56.2 Å². The molecular weight excluding hydrogens is 314 g/mol. The van der Waals surface area contributed by atoms with Gasteiger partial charge in [-0.05, 0) is 50.2 Å². The molecule has 0 unspecified atom stereocenters. The van der Waals surface area contributed by atoms with Crippen LogP contribution in [-0.2, 0) is 11.3 Å². The molecule has 1 aromatic heterocycles. The summed E-state index contributed by atoms with van der Waals surface area (Å²) >= 11 is 0. The maximum atomic E-state index is 12.5. The Morgan fingerprint density at radius 1 is 0.960 bits per heavy atom. The minimum absolute atomic E-state index is 0.252. The maximum absolute atomic E-state index is 12.5. The van der Waals surface area contributed by atoms with E-state index in [1.165, 1.54) is 17.1 Å². The summed E-state index contributed by atoms with van der Waals surface area (Å²) in [6.07, 6.45) is 0.568. The van der Waals surface area contributed by atoms with Crippen molar-refractivity contribution in [3.05, 3.63) is 47.8 Å². The Balaban J connectivity index is 1.50. The van der Waals surface area contributed by atoms with E-state index in [4.69, 9.17) is 4.74 Å². The van der Waals surface area contributed by atoms with Crippen LogP contribution in [0.4, 0.5) is 5.69 Å². The maximum Gasteiger partial charge on any atom is 0.224 e. The molecule has 0 bridgehead atoms. The number of hydrogen-bond donors (Lipinski definition) is 0. The van der Waals surface area contributed by atoms with E-state index < -0.39 is 0 Å². The Labute approximate surface area is 149 Å². The summed E-state index contributed by atoms with van der Waals surface area (Å²) in [5, 5.41) is 0. The van der Waals surface area contributed by atoms with Gasteiger partial charge >= 0.3 is 0 Å². The number of aryl methyl sites for hydroxylation is 2. The van der Waals surface area contributed by atoms with E-state index in [-0.39, 0.29) is 5.91 Å². The summed E-state index contributed by atoms with van der Waals surface area (Å²) in [7, 11) is 1.68. The van der Waals surface area contributed by atoms with Crippen molar-refractivity contribution >= 4 is 11.6 Å². The van der Waals surface area contributed by atoms with Crippen LogP contribution in [0.2, 0.25) is 0 Å². The van der Waals surface area contributed by atoms with Crippen LogP contribution in [0.3, 0.4) is 0 Å². The van der Waals surface area contributed by atoms with Crippen molar-refractivity contribution in [2.45, 2.75) is 26.8 Å². The van der Waals surface area contributed by atoms with Gasteiger partial charge in [-0.2, -0.15) is 0 Å². The molecule has 0 spiro atoms. The molecule has 2 heterocycles. The van der Waals surface area contributed by atoms with E-state index in [9.17, 15) is 4.79 Å². The summed E-state index contributed by atoms with van der Waals surface area (Å²) in [4.78, 5) is 16.8. The molecule has 134 valence electrons. The van der Waals surface area contributed by atoms with Crippen LogP contribution >= 0.6 is 0 Å². The van der Waals surface area contributed by atoms with Crippen LogP contribution in [0.15, 0.2) is 36.4 Å². The van der Waals surface area contributed by atoms with Crippen molar-refractivity contribution in [1.82, 2.24) is 9.47 Å². The van der Waals surface area contributed by atoms with Gasteiger partial charge in [0.2, 0.25) is 5.91 Å². The van der Waals surface area contributed by atoms with Crippen LogP contribution in [-0.4, -0.2) is 48.7 Å². The van der Waals surface area contributed by atoms with Crippen LogP contribution < -0.4 is 9.64 Å². The molecule has 0 N–H and O–H groups in total. The van der Waals surface area contributed by atoms with Crippen LogP contribution in [0.5, 0.6) is 5.75 Å². The highest BCUT2D eigenvalue weighted by Crippen LogP contribution is 2.20. The van der Waals surface area contributed by atoms with Gasteiger partial charge in [0.05, 0.1) is 7.11 Å². The number of hydrogen-bond acceptors (Lipinski definition) is 3. The first kappa shape index (κ1) is 17.4. The zero-order valence-electron chi connectivity index (χ0n) is 15.4. The summed E-state index contributed by atoms with van der Waals surface area (Å²) < 4.78 is 7.42. The number of piperazine rings is 1. The van der Waals surface area contributed by atoms with Crippen LogP contribution in [0.25, 0.3) is 0 Å². The molecule has 5 heteroatoms. The van der Waals surface area contributed by atoms with Gasteiger partial charge in [-0.25, -0.2) is 0 Å². The smallest absolute Gasteiger partial charge is 0.224 e. The van der Waals surface area contributed by atoms with Crippen molar-refractivity contribution in [3.63, 3.8) is 0 Å². The fourth-order valence-electron chi connectivity index (χ4n) is 3.42. The predicted molar refractivity (Wildman–Crippen MR) is 100 cm³/mol. The van der Waals surface area contributed by atoms with Crippen LogP contribution in [0.1, 0.15) is 17.8 Å². The number of aromatic nitrogens is 1. The number of carbonyl (C=O) groups excluding carboxylic acids is 1. The molecule has 1 fully saturated rings. The summed E-state index contributed by atoms with van der Waals surface area (Å²) in [5.74, 6) is 1.12. The Bertz CT molecular complexity index is 694. The van der Waals surface area contributed by atoms with E-state index in [2.05, 4.69) is 47.6 Å². The lowest BCUT2D eigenvalue weighted by atomic mass is 10.2. The van der Waals surface area contributed by atoms with Gasteiger partial charge in [0.1, 0.15) is 5.75 Å². The molecular formula is C20H27N3O2. The highest BCUT2D eigenvalue weighted by molar-refractivity contribution is 5.76. The fourth-order valence-corrected chi connectivity index (χ4v) is 3.42. The van der Waals surface area contributed by atoms with E-state index in [1.54, 1.807) is 7.11 Å². The minimum atomic E-state index is 0.252. The molecule has 1 aromatic carbocycles. The van der Waals surface area contributed by atoms with Gasteiger partial charge < -0.3 is 19.1 Å². The predicted octanol–water partition coefficient (Wildman–Crippen LogP) is 2.85. The first-order chi connectivity index (χ1) is 12.1. The van der Waals surface area contributed by atoms with Crippen LogP contribution in [0, 0.1) is 13.8 Å². The van der Waals surface area contributed by atoms with Crippen molar-refractivity contribution in [3.8, 4) is 5.75 Å². The highest BCUT2D eigenvalue weighted by atomic mass is 16.5. The van der Waals surface area contributed by atoms with Crippen molar-refractivity contribution < 1.29 is 9.53 Å². The van der Waals surface area contributed by atoms with E-state index in [1.807, 2.05) is 17.0 Å². The molecule has 3 rings (SSSR count). The normalized spacial score (nSPS) is 14.7. The van der Waals surface area contributed by atoms with Gasteiger partial charge in [-0.1, -0.05) is 0 Å². The third-order valence-corrected chi connectivity index (χ3v) is 5.04. The Morgan fingerprint density at radius 3 is 2.12 bits per heavy atom. The number of ether oxygens (including phenoxy) is 1. The van der Waals surface area contributed by atoms with Crippen molar-refractivity contribution in [2.24, 2.45) is 0 Å². The zero-order valence-corrected chi connectivity index (χ0v) is 15.4. The second kappa shape index (κ2) is 7.64. The molecule has 1 amide bonds. The quantitative estimate of drug-likeness (QED) is 0.839. The molecule has 0 saturated carbocycles. The largest absolute Gasteiger partial charge is 0.497 e. The number of nitrogens with zero attached hydrogens (tertiary/aromatic N) is 3. The highest BCUT2D eigenvalue weighted by Gasteiger charge is 2.21. The summed E-state index contributed by atoms with van der Waals surface area (Å²) in [6.45, 7) is 8.26. The zero-order chi connectivity index (χ0) is 17.8. The molecule has 2 aromatic rings. The Morgan fingerprint density at radius 2 is 1.56 bits per heavy atom. The topological polar surface area (TPSA) is 37.7 Å². The molecule has 25 heavy (non-hydrogen) atoms. The monoisotopic (exact) mass is 341 g/mol. The first-order valence-corrected chi connectivity index (χ1v) is 8.88. The van der Waals surface area contributed by atoms with E-state index >= 15 is 0 Å². The second-order valence-electron chi connectivity index (χ2n) is 6.58. The number of methoxy groups -OCH3 is 1. The Hall–Kier alpha value is -2.43. The number of carbonyl (C=O) groups is 1. The van der Waals surface area contributed by atoms with Gasteiger partial charge in [0.15, 0.2) is 0 Å². The third-order valence-electron chi connectivity index (χ3n) is 5.04. The lowest BCUT2D eigenvalue weighted by Crippen LogP contribution is -2.49. The van der Waals surface area contributed by atoms with E-state index in [0.717, 1.165) is 38.5 Å².